The van der Waals surface area contributed by atoms with Crippen molar-refractivity contribution in [2.45, 2.75) is 136 Å². The van der Waals surface area contributed by atoms with Gasteiger partial charge in [0.05, 0.1) is 12.7 Å². The van der Waals surface area contributed by atoms with Crippen LogP contribution in [0.15, 0.2) is 0 Å². The van der Waals surface area contributed by atoms with E-state index in [1.807, 2.05) is 6.92 Å². The van der Waals surface area contributed by atoms with Gasteiger partial charge in [0.2, 0.25) is 0 Å². The molecule has 1 spiro atoms. The van der Waals surface area contributed by atoms with Crippen LogP contribution >= 0.6 is 0 Å². The number of hydrogen-bond acceptors (Lipinski definition) is 5. The van der Waals surface area contributed by atoms with E-state index in [9.17, 15) is 4.79 Å². The van der Waals surface area contributed by atoms with Crippen LogP contribution in [-0.4, -0.2) is 36.6 Å². The Kier molecular flexibility index (Phi) is 7.04. The van der Waals surface area contributed by atoms with Gasteiger partial charge < -0.3 is 19.9 Å². The zero-order valence-electron chi connectivity index (χ0n) is 25.0. The van der Waals surface area contributed by atoms with Crippen molar-refractivity contribution < 1.29 is 19.0 Å². The number of rotatable bonds is 4. The molecular weight excluding hydrogens is 474 g/mol. The molecule has 0 amide bonds. The summed E-state index contributed by atoms with van der Waals surface area (Å²) in [4.78, 5) is 12.7. The summed E-state index contributed by atoms with van der Waals surface area (Å²) in [7, 11) is 0. The van der Waals surface area contributed by atoms with Crippen LogP contribution < -0.4 is 5.73 Å². The normalized spacial score (nSPS) is 53.4. The Balaban J connectivity index is 1.13. The highest BCUT2D eigenvalue weighted by Gasteiger charge is 2.69. The van der Waals surface area contributed by atoms with E-state index in [0.717, 1.165) is 50.0 Å². The van der Waals surface area contributed by atoms with Crippen molar-refractivity contribution >= 4 is 5.97 Å². The maximum absolute atomic E-state index is 12.7. The van der Waals surface area contributed by atoms with E-state index in [0.29, 0.717) is 40.6 Å². The highest BCUT2D eigenvalue weighted by Crippen LogP contribution is 2.71. The first-order valence-corrected chi connectivity index (χ1v) is 16.3. The van der Waals surface area contributed by atoms with Crippen molar-refractivity contribution in [1.29, 1.82) is 0 Å². The largest absolute Gasteiger partial charge is 0.461 e. The van der Waals surface area contributed by atoms with Gasteiger partial charge in [0.25, 0.3) is 0 Å². The molecular formula is C33H55NO4. The number of carbonyl (C=O) groups is 1. The van der Waals surface area contributed by atoms with Gasteiger partial charge in [0, 0.05) is 12.3 Å². The molecule has 2 heterocycles. The molecule has 0 bridgehead atoms. The van der Waals surface area contributed by atoms with Crippen LogP contribution in [0, 0.1) is 58.2 Å². The lowest BCUT2D eigenvalue weighted by atomic mass is 9.44. The zero-order valence-corrected chi connectivity index (χ0v) is 25.0. The lowest BCUT2D eigenvalue weighted by molar-refractivity contribution is -0.273. The highest BCUT2D eigenvalue weighted by atomic mass is 16.7. The van der Waals surface area contributed by atoms with Crippen molar-refractivity contribution in [3.63, 3.8) is 0 Å². The molecule has 0 aromatic carbocycles. The number of fused-ring (bicyclic) bond motifs is 7. The third kappa shape index (κ3) is 4.06. The van der Waals surface area contributed by atoms with Gasteiger partial charge in [-0.2, -0.15) is 0 Å². The Morgan fingerprint density at radius 2 is 1.76 bits per heavy atom. The summed E-state index contributed by atoms with van der Waals surface area (Å²) in [6.07, 6.45) is 13.4. The van der Waals surface area contributed by atoms with E-state index in [4.69, 9.17) is 19.9 Å². The highest BCUT2D eigenvalue weighted by molar-refractivity contribution is 5.76. The maximum Gasteiger partial charge on any atom is 0.323 e. The number of carbonyl (C=O) groups excluding carboxylic acids is 1. The first-order valence-electron chi connectivity index (χ1n) is 16.3. The van der Waals surface area contributed by atoms with Crippen LogP contribution in [0.4, 0.5) is 0 Å². The average Bonchev–Trinajstić information content (AvgIpc) is 3.35. The third-order valence-electron chi connectivity index (χ3n) is 13.7. The average molecular weight is 530 g/mol. The molecule has 2 saturated heterocycles. The lowest BCUT2D eigenvalue weighted by Gasteiger charge is -2.61. The topological polar surface area (TPSA) is 70.8 Å². The number of nitrogens with two attached hydrogens (primary N) is 1. The minimum absolute atomic E-state index is 0.0515. The van der Waals surface area contributed by atoms with E-state index in [2.05, 4.69) is 34.6 Å². The van der Waals surface area contributed by atoms with Crippen molar-refractivity contribution in [2.75, 3.05) is 6.61 Å². The summed E-state index contributed by atoms with van der Waals surface area (Å²) in [5.74, 6) is 4.51. The molecule has 216 valence electrons. The Hall–Kier alpha value is -0.650. The molecule has 6 fully saturated rings. The van der Waals surface area contributed by atoms with E-state index in [1.54, 1.807) is 0 Å². The van der Waals surface area contributed by atoms with Crippen LogP contribution in [0.5, 0.6) is 0 Å². The molecule has 0 aromatic heterocycles. The van der Waals surface area contributed by atoms with E-state index in [1.165, 1.54) is 44.9 Å². The summed E-state index contributed by atoms with van der Waals surface area (Å²) in [6.45, 7) is 15.0. The Bertz CT molecular complexity index is 899. The molecule has 6 aliphatic rings. The summed E-state index contributed by atoms with van der Waals surface area (Å²) in [6, 6.07) is -0.493. The molecule has 6 rings (SSSR count). The molecule has 4 saturated carbocycles. The standard InChI is InChI=1S/C33H55NO4/c1-7-20(3)29(34)30(35)37-23-11-13-31(5)22(16-23)8-9-24-25(31)12-14-32(6)26(24)17-27-28(32)21(4)33(38-27)15-10-19(2)18-36-33/h19-29H,7-18,34H2,1-6H3/t19-,20?,21+,22?,23-,24?,25?,26?,27?,28?,29?,31+,32+,33-/m1/s1. The predicted molar refractivity (Wildman–Crippen MR) is 149 cm³/mol. The third-order valence-corrected chi connectivity index (χ3v) is 13.7. The molecule has 38 heavy (non-hydrogen) atoms. The first-order chi connectivity index (χ1) is 18.0. The Morgan fingerprint density at radius 1 is 1.00 bits per heavy atom. The second-order valence-electron chi connectivity index (χ2n) is 15.4. The van der Waals surface area contributed by atoms with Crippen LogP contribution in [0.3, 0.4) is 0 Å². The lowest BCUT2D eigenvalue weighted by Crippen LogP contribution is -2.55. The van der Waals surface area contributed by atoms with Gasteiger partial charge in [-0.15, -0.1) is 0 Å². The van der Waals surface area contributed by atoms with Gasteiger partial charge in [-0.05, 0) is 110 Å². The van der Waals surface area contributed by atoms with Gasteiger partial charge in [0.1, 0.15) is 12.1 Å². The predicted octanol–water partition coefficient (Wildman–Crippen LogP) is 6.72. The quantitative estimate of drug-likeness (QED) is 0.410. The maximum atomic E-state index is 12.7. The molecule has 2 aliphatic heterocycles. The fourth-order valence-electron chi connectivity index (χ4n) is 11.1. The number of ether oxygens (including phenoxy) is 3. The molecule has 0 radical (unpaired) electrons. The van der Waals surface area contributed by atoms with Gasteiger partial charge in [-0.1, -0.05) is 48.0 Å². The SMILES string of the molecule is CCC(C)C(N)C(=O)O[C@@H]1CC[C@@]2(C)C(CCC3C2CC[C@@]2(C)C3CC3O[C@]4(CC[C@@H](C)CO4)[C@@H](C)C32)C1. The van der Waals surface area contributed by atoms with Crippen LogP contribution in [0.25, 0.3) is 0 Å². The van der Waals surface area contributed by atoms with E-state index in [-0.39, 0.29) is 23.8 Å². The zero-order chi connectivity index (χ0) is 27.0. The minimum atomic E-state index is -0.493. The molecule has 4 aliphatic carbocycles. The molecule has 2 N–H and O–H groups in total. The van der Waals surface area contributed by atoms with Crippen LogP contribution in [0.1, 0.15) is 112 Å². The van der Waals surface area contributed by atoms with Gasteiger partial charge in [-0.25, -0.2) is 0 Å². The molecule has 8 unspecified atom stereocenters. The molecule has 5 heteroatoms. The summed E-state index contributed by atoms with van der Waals surface area (Å²) >= 11 is 0. The molecule has 5 nitrogen and oxygen atoms in total. The monoisotopic (exact) mass is 529 g/mol. The Morgan fingerprint density at radius 3 is 2.47 bits per heavy atom. The van der Waals surface area contributed by atoms with Crippen molar-refractivity contribution in [3.8, 4) is 0 Å². The smallest absolute Gasteiger partial charge is 0.323 e. The molecule has 14 atom stereocenters. The van der Waals surface area contributed by atoms with Crippen LogP contribution in [0.2, 0.25) is 0 Å². The molecule has 0 aromatic rings. The second-order valence-corrected chi connectivity index (χ2v) is 15.4. The minimum Gasteiger partial charge on any atom is -0.461 e. The summed E-state index contributed by atoms with van der Waals surface area (Å²) in [5.41, 5.74) is 6.96. The van der Waals surface area contributed by atoms with Gasteiger partial charge >= 0.3 is 5.97 Å². The summed E-state index contributed by atoms with van der Waals surface area (Å²) < 4.78 is 19.5. The van der Waals surface area contributed by atoms with Crippen molar-refractivity contribution in [1.82, 2.24) is 0 Å². The number of esters is 1. The first kappa shape index (κ1) is 27.5. The van der Waals surface area contributed by atoms with Crippen molar-refractivity contribution in [3.05, 3.63) is 0 Å². The summed E-state index contributed by atoms with van der Waals surface area (Å²) in [5, 5.41) is 0. The number of hydrogen-bond donors (Lipinski definition) is 1. The van der Waals surface area contributed by atoms with E-state index >= 15 is 0 Å². The van der Waals surface area contributed by atoms with E-state index < -0.39 is 6.04 Å². The van der Waals surface area contributed by atoms with Crippen molar-refractivity contribution in [2.24, 2.45) is 63.9 Å². The fraction of sp³-hybridized carbons (Fsp3) is 0.970. The second kappa shape index (κ2) is 9.72. The van der Waals surface area contributed by atoms with Crippen LogP contribution in [-0.2, 0) is 19.0 Å². The Labute approximate surface area is 231 Å². The van der Waals surface area contributed by atoms with Gasteiger partial charge in [-0.3, -0.25) is 4.79 Å². The van der Waals surface area contributed by atoms with Gasteiger partial charge in [0.15, 0.2) is 5.79 Å². The fourth-order valence-corrected chi connectivity index (χ4v) is 11.1.